The van der Waals surface area contributed by atoms with Crippen LogP contribution >= 0.6 is 0 Å². The van der Waals surface area contributed by atoms with Crippen molar-refractivity contribution >= 4 is 22.1 Å². The average molecular weight is 504 g/mol. The molecule has 0 spiro atoms. The molecule has 0 unspecified atom stereocenters. The third-order valence-corrected chi connectivity index (χ3v) is 8.88. The van der Waals surface area contributed by atoms with Gasteiger partial charge in [-0.2, -0.15) is 4.31 Å². The normalized spacial score (nSPS) is 16.7. The van der Waals surface area contributed by atoms with E-state index in [9.17, 15) is 23.1 Å². The predicted molar refractivity (Wildman–Crippen MR) is 130 cm³/mol. The Morgan fingerprint density at radius 2 is 1.69 bits per heavy atom. The summed E-state index contributed by atoms with van der Waals surface area (Å²) in [4.78, 5) is 25.0. The van der Waals surface area contributed by atoms with Crippen LogP contribution in [-0.4, -0.2) is 72.1 Å². The Balaban J connectivity index is 1.49. The van der Waals surface area contributed by atoms with Gasteiger partial charge in [0, 0.05) is 37.6 Å². The molecular formula is C25H33N3O6S. The number of benzene rings is 1. The highest BCUT2D eigenvalue weighted by molar-refractivity contribution is 7.89. The van der Waals surface area contributed by atoms with E-state index in [-0.39, 0.29) is 31.1 Å². The molecule has 9 nitrogen and oxygen atoms in total. The molecule has 2 heterocycles. The van der Waals surface area contributed by atoms with Crippen molar-refractivity contribution in [3.8, 4) is 0 Å². The van der Waals surface area contributed by atoms with E-state index in [0.717, 1.165) is 48.2 Å². The van der Waals surface area contributed by atoms with Crippen LogP contribution in [0.5, 0.6) is 0 Å². The number of ether oxygens (including phenoxy) is 1. The first-order valence-electron chi connectivity index (χ1n) is 12.1. The summed E-state index contributed by atoms with van der Waals surface area (Å²) in [6.07, 6.45) is 4.22. The second-order valence-electron chi connectivity index (χ2n) is 9.09. The molecule has 2 aromatic rings. The van der Waals surface area contributed by atoms with Crippen LogP contribution in [0.1, 0.15) is 47.8 Å². The molecule has 1 aromatic carbocycles. The molecule has 0 bridgehead atoms. The van der Waals surface area contributed by atoms with E-state index in [4.69, 9.17) is 4.74 Å². The van der Waals surface area contributed by atoms with E-state index >= 15 is 0 Å². The second kappa shape index (κ2) is 10.4. The highest BCUT2D eigenvalue weighted by atomic mass is 32.2. The number of nitrogens with zero attached hydrogens (tertiary/aromatic N) is 3. The van der Waals surface area contributed by atoms with Gasteiger partial charge in [-0.25, -0.2) is 13.2 Å². The third kappa shape index (κ3) is 5.23. The molecule has 0 atom stereocenters. The van der Waals surface area contributed by atoms with E-state index in [2.05, 4.69) is 0 Å². The van der Waals surface area contributed by atoms with Crippen LogP contribution in [0.4, 0.5) is 4.79 Å². The summed E-state index contributed by atoms with van der Waals surface area (Å²) in [5, 5.41) is 9.36. The molecule has 1 aliphatic heterocycles. The molecular weight excluding hydrogens is 470 g/mol. The monoisotopic (exact) mass is 503 g/mol. The lowest BCUT2D eigenvalue weighted by Gasteiger charge is -2.33. The number of piperazine rings is 1. The molecule has 1 fully saturated rings. The third-order valence-electron chi connectivity index (χ3n) is 6.97. The van der Waals surface area contributed by atoms with Crippen molar-refractivity contribution in [2.24, 2.45) is 0 Å². The summed E-state index contributed by atoms with van der Waals surface area (Å²) >= 11 is 0. The van der Waals surface area contributed by atoms with Gasteiger partial charge in [0.2, 0.25) is 10.0 Å². The summed E-state index contributed by atoms with van der Waals surface area (Å²) < 4.78 is 34.6. The molecule has 0 radical (unpaired) electrons. The number of rotatable bonds is 7. The predicted octanol–water partition coefficient (Wildman–Crippen LogP) is 2.81. The minimum atomic E-state index is -3.66. The van der Waals surface area contributed by atoms with E-state index in [1.807, 2.05) is 23.6 Å². The SMILES string of the molecule is CCOC(=O)N1CCN(S(=O)(=O)c2ccc(Cc3c4c(n(CC(=O)O)c3C)CCCC4)cc2)CC1. The van der Waals surface area contributed by atoms with Gasteiger partial charge in [-0.05, 0) is 74.8 Å². The summed E-state index contributed by atoms with van der Waals surface area (Å²) in [6, 6.07) is 6.95. The van der Waals surface area contributed by atoms with E-state index in [0.29, 0.717) is 19.5 Å². The minimum absolute atomic E-state index is 0.0330. The molecule has 1 saturated heterocycles. The maximum Gasteiger partial charge on any atom is 0.409 e. The zero-order chi connectivity index (χ0) is 25.2. The van der Waals surface area contributed by atoms with Gasteiger partial charge < -0.3 is 19.3 Å². The van der Waals surface area contributed by atoms with Crippen molar-refractivity contribution in [3.63, 3.8) is 0 Å². The van der Waals surface area contributed by atoms with Gasteiger partial charge in [-0.3, -0.25) is 4.79 Å². The van der Waals surface area contributed by atoms with Crippen molar-refractivity contribution in [1.82, 2.24) is 13.8 Å². The Morgan fingerprint density at radius 1 is 1.03 bits per heavy atom. The number of hydrogen-bond acceptors (Lipinski definition) is 5. The van der Waals surface area contributed by atoms with Gasteiger partial charge in [0.1, 0.15) is 6.54 Å². The number of fused-ring (bicyclic) bond motifs is 1. The van der Waals surface area contributed by atoms with Gasteiger partial charge in [-0.1, -0.05) is 12.1 Å². The van der Waals surface area contributed by atoms with Crippen LogP contribution in [0.3, 0.4) is 0 Å². The zero-order valence-electron chi connectivity index (χ0n) is 20.3. The summed E-state index contributed by atoms with van der Waals surface area (Å²) in [6.45, 7) is 5.03. The van der Waals surface area contributed by atoms with Gasteiger partial charge in [0.05, 0.1) is 11.5 Å². The first-order valence-corrected chi connectivity index (χ1v) is 13.6. The van der Waals surface area contributed by atoms with Crippen molar-refractivity contribution in [1.29, 1.82) is 0 Å². The van der Waals surface area contributed by atoms with Gasteiger partial charge in [-0.15, -0.1) is 0 Å². The number of carboxylic acid groups (broad SMARTS) is 1. The lowest BCUT2D eigenvalue weighted by molar-refractivity contribution is -0.137. The lowest BCUT2D eigenvalue weighted by atomic mass is 9.92. The van der Waals surface area contributed by atoms with Crippen LogP contribution < -0.4 is 0 Å². The van der Waals surface area contributed by atoms with E-state index in [1.54, 1.807) is 19.1 Å². The van der Waals surface area contributed by atoms with Crippen LogP contribution in [0.15, 0.2) is 29.2 Å². The Bertz CT molecular complexity index is 1190. The number of sulfonamides is 1. The molecule has 190 valence electrons. The Kier molecular flexibility index (Phi) is 7.51. The van der Waals surface area contributed by atoms with E-state index in [1.165, 1.54) is 14.8 Å². The molecule has 2 aliphatic rings. The largest absolute Gasteiger partial charge is 0.480 e. The number of carbonyl (C=O) groups is 2. The first-order chi connectivity index (χ1) is 16.7. The molecule has 10 heteroatoms. The Morgan fingerprint density at radius 3 is 2.31 bits per heavy atom. The highest BCUT2D eigenvalue weighted by Gasteiger charge is 2.31. The molecule has 1 aliphatic carbocycles. The fourth-order valence-corrected chi connectivity index (χ4v) is 6.56. The fourth-order valence-electron chi connectivity index (χ4n) is 5.14. The molecule has 1 amide bonds. The van der Waals surface area contributed by atoms with Gasteiger partial charge in [0.25, 0.3) is 0 Å². The minimum Gasteiger partial charge on any atom is -0.480 e. The molecule has 4 rings (SSSR count). The summed E-state index contributed by atoms with van der Waals surface area (Å²) in [5.41, 5.74) is 5.51. The van der Waals surface area contributed by atoms with Crippen LogP contribution in [0.25, 0.3) is 0 Å². The standard InChI is InChI=1S/C25H33N3O6S/c1-3-34-25(31)26-12-14-27(15-13-26)35(32,33)20-10-8-19(9-11-20)16-22-18(2)28(17-24(29)30)23-7-5-4-6-21(22)23/h8-11H,3-7,12-17H2,1-2H3,(H,29,30). The van der Waals surface area contributed by atoms with Crippen LogP contribution in [-0.2, 0) is 45.4 Å². The maximum absolute atomic E-state index is 13.1. The van der Waals surface area contributed by atoms with Crippen LogP contribution in [0.2, 0.25) is 0 Å². The van der Waals surface area contributed by atoms with E-state index < -0.39 is 22.1 Å². The lowest BCUT2D eigenvalue weighted by Crippen LogP contribution is -2.50. The molecule has 35 heavy (non-hydrogen) atoms. The van der Waals surface area contributed by atoms with Gasteiger partial charge in [0.15, 0.2) is 0 Å². The quantitative estimate of drug-likeness (QED) is 0.622. The summed E-state index contributed by atoms with van der Waals surface area (Å²) in [7, 11) is -3.66. The fraction of sp³-hybridized carbons (Fsp3) is 0.520. The van der Waals surface area contributed by atoms with Crippen LogP contribution in [0, 0.1) is 6.92 Å². The van der Waals surface area contributed by atoms with Crippen molar-refractivity contribution < 1.29 is 27.9 Å². The number of amides is 1. The number of carbonyl (C=O) groups excluding carboxylic acids is 1. The zero-order valence-corrected chi connectivity index (χ0v) is 21.1. The molecule has 0 saturated carbocycles. The number of carboxylic acids is 1. The first kappa shape index (κ1) is 25.2. The smallest absolute Gasteiger partial charge is 0.409 e. The topological polar surface area (TPSA) is 109 Å². The average Bonchev–Trinajstić information content (AvgIpc) is 3.10. The van der Waals surface area contributed by atoms with Gasteiger partial charge >= 0.3 is 12.1 Å². The summed E-state index contributed by atoms with van der Waals surface area (Å²) in [5.74, 6) is -0.847. The Labute approximate surface area is 206 Å². The number of aliphatic carboxylic acids is 1. The maximum atomic E-state index is 13.1. The van der Waals surface area contributed by atoms with Crippen molar-refractivity contribution in [3.05, 3.63) is 52.3 Å². The Hall–Kier alpha value is -2.85. The highest BCUT2D eigenvalue weighted by Crippen LogP contribution is 2.32. The molecule has 1 N–H and O–H groups in total. The van der Waals surface area contributed by atoms with Crippen molar-refractivity contribution in [2.75, 3.05) is 32.8 Å². The molecule has 1 aromatic heterocycles. The number of hydrogen-bond donors (Lipinski definition) is 1. The van der Waals surface area contributed by atoms with Crippen molar-refractivity contribution in [2.45, 2.75) is 57.4 Å². The number of aromatic nitrogens is 1. The second-order valence-corrected chi connectivity index (χ2v) is 11.0.